The molecule has 7 nitrogen and oxygen atoms in total. The highest BCUT2D eigenvalue weighted by Crippen LogP contribution is 2.28. The van der Waals surface area contributed by atoms with Gasteiger partial charge in [-0.3, -0.25) is 19.7 Å². The quantitative estimate of drug-likeness (QED) is 0.493. The van der Waals surface area contributed by atoms with E-state index in [1.807, 2.05) is 0 Å². The van der Waals surface area contributed by atoms with E-state index in [1.165, 1.54) is 30.9 Å². The van der Waals surface area contributed by atoms with Crippen LogP contribution in [0.3, 0.4) is 0 Å². The number of benzene rings is 2. The Morgan fingerprint density at radius 3 is 2.21 bits per heavy atom. The Morgan fingerprint density at radius 2 is 1.67 bits per heavy atom. The minimum atomic E-state index is -0.513. The van der Waals surface area contributed by atoms with E-state index < -0.39 is 10.8 Å². The summed E-state index contributed by atoms with van der Waals surface area (Å²) in [5.41, 5.74) is 1.04. The van der Waals surface area contributed by atoms with Crippen LogP contribution in [-0.2, 0) is 0 Å². The summed E-state index contributed by atoms with van der Waals surface area (Å²) in [7, 11) is 1.53. The number of hydrogen-bond acceptors (Lipinski definition) is 5. The molecular weight excluding hydrogens is 330 g/mol. The Bertz CT molecular complexity index is 790. The summed E-state index contributed by atoms with van der Waals surface area (Å²) >= 11 is 1.24. The van der Waals surface area contributed by atoms with Gasteiger partial charge in [-0.1, -0.05) is 0 Å². The van der Waals surface area contributed by atoms with Crippen molar-refractivity contribution in [1.82, 2.24) is 5.32 Å². The molecule has 24 heavy (non-hydrogen) atoms. The SMILES string of the molecule is CNC(=O)c1ccc(NC(=O)c2ccc(SC)c([N+](=O)[O-])c2)cc1. The Labute approximate surface area is 142 Å². The lowest BCUT2D eigenvalue weighted by atomic mass is 10.1. The van der Waals surface area contributed by atoms with Gasteiger partial charge in [0.05, 0.1) is 9.82 Å². The van der Waals surface area contributed by atoms with Crippen LogP contribution in [0.2, 0.25) is 0 Å². The van der Waals surface area contributed by atoms with Crippen molar-refractivity contribution in [2.24, 2.45) is 0 Å². The number of anilines is 1. The molecule has 0 atom stereocenters. The number of hydrogen-bond donors (Lipinski definition) is 2. The van der Waals surface area contributed by atoms with Crippen LogP contribution in [0.15, 0.2) is 47.4 Å². The molecule has 2 amide bonds. The van der Waals surface area contributed by atoms with Gasteiger partial charge in [0.25, 0.3) is 17.5 Å². The first-order valence-electron chi connectivity index (χ1n) is 6.92. The van der Waals surface area contributed by atoms with Crippen LogP contribution < -0.4 is 10.6 Å². The van der Waals surface area contributed by atoms with Gasteiger partial charge in [-0.15, -0.1) is 11.8 Å². The topological polar surface area (TPSA) is 101 Å². The number of rotatable bonds is 5. The van der Waals surface area contributed by atoms with Crippen LogP contribution in [-0.4, -0.2) is 30.0 Å². The highest BCUT2D eigenvalue weighted by Gasteiger charge is 2.17. The van der Waals surface area contributed by atoms with Crippen molar-refractivity contribution in [2.45, 2.75) is 4.90 Å². The van der Waals surface area contributed by atoms with Gasteiger partial charge in [-0.25, -0.2) is 0 Å². The van der Waals surface area contributed by atoms with E-state index >= 15 is 0 Å². The smallest absolute Gasteiger partial charge is 0.283 e. The lowest BCUT2D eigenvalue weighted by Crippen LogP contribution is -2.18. The number of thioether (sulfide) groups is 1. The van der Waals surface area contributed by atoms with E-state index in [2.05, 4.69) is 10.6 Å². The number of nitrogens with one attached hydrogen (secondary N) is 2. The van der Waals surface area contributed by atoms with Gasteiger partial charge in [0.15, 0.2) is 0 Å². The second-order valence-corrected chi connectivity index (χ2v) is 5.60. The molecule has 0 aliphatic heterocycles. The molecule has 0 saturated heterocycles. The fourth-order valence-corrected chi connectivity index (χ4v) is 2.57. The van der Waals surface area contributed by atoms with Crippen LogP contribution in [0.1, 0.15) is 20.7 Å². The Hall–Kier alpha value is -2.87. The molecular formula is C16H15N3O4S. The van der Waals surface area contributed by atoms with E-state index in [4.69, 9.17) is 0 Å². The molecule has 0 aliphatic carbocycles. The molecule has 2 N–H and O–H groups in total. The third kappa shape index (κ3) is 3.90. The van der Waals surface area contributed by atoms with Gasteiger partial charge >= 0.3 is 0 Å². The van der Waals surface area contributed by atoms with E-state index in [0.29, 0.717) is 16.1 Å². The molecule has 8 heteroatoms. The Balaban J connectivity index is 2.19. The van der Waals surface area contributed by atoms with Crippen LogP contribution in [0.25, 0.3) is 0 Å². The molecule has 0 spiro atoms. The summed E-state index contributed by atoms with van der Waals surface area (Å²) in [5.74, 6) is -0.686. The monoisotopic (exact) mass is 345 g/mol. The molecule has 0 aliphatic rings. The molecule has 0 unspecified atom stereocenters. The van der Waals surface area contributed by atoms with Crippen molar-refractivity contribution in [2.75, 3.05) is 18.6 Å². The number of carbonyl (C=O) groups is 2. The summed E-state index contributed by atoms with van der Waals surface area (Å²) in [6.07, 6.45) is 1.73. The maximum atomic E-state index is 12.2. The minimum absolute atomic E-state index is 0.106. The van der Waals surface area contributed by atoms with Gasteiger partial charge in [0, 0.05) is 29.9 Å². The average molecular weight is 345 g/mol. The summed E-state index contributed by atoms with van der Waals surface area (Å²) < 4.78 is 0. The molecule has 2 aromatic carbocycles. The summed E-state index contributed by atoms with van der Waals surface area (Å²) in [6, 6.07) is 10.7. The van der Waals surface area contributed by atoms with E-state index in [0.717, 1.165) is 0 Å². The van der Waals surface area contributed by atoms with Crippen molar-refractivity contribution in [3.63, 3.8) is 0 Å². The molecule has 0 heterocycles. The first-order valence-corrected chi connectivity index (χ1v) is 8.14. The zero-order chi connectivity index (χ0) is 17.7. The standard InChI is InChI=1S/C16H15N3O4S/c1-17-15(20)10-3-6-12(7-4-10)18-16(21)11-5-8-14(24-2)13(9-11)19(22)23/h3-9H,1-2H3,(H,17,20)(H,18,21). The van der Waals surface area contributed by atoms with Crippen LogP contribution >= 0.6 is 11.8 Å². The zero-order valence-electron chi connectivity index (χ0n) is 13.0. The van der Waals surface area contributed by atoms with Crippen molar-refractivity contribution >= 4 is 35.0 Å². The first kappa shape index (κ1) is 17.5. The molecule has 2 aromatic rings. The number of nitrogens with zero attached hydrogens (tertiary/aromatic N) is 1. The predicted molar refractivity (Wildman–Crippen MR) is 92.7 cm³/mol. The fraction of sp³-hybridized carbons (Fsp3) is 0.125. The van der Waals surface area contributed by atoms with Gasteiger partial charge < -0.3 is 10.6 Å². The van der Waals surface area contributed by atoms with Crippen molar-refractivity contribution in [3.05, 3.63) is 63.7 Å². The second-order valence-electron chi connectivity index (χ2n) is 4.75. The number of nitro benzene ring substituents is 1. The maximum absolute atomic E-state index is 12.2. The second kappa shape index (κ2) is 7.60. The van der Waals surface area contributed by atoms with Gasteiger partial charge in [-0.2, -0.15) is 0 Å². The minimum Gasteiger partial charge on any atom is -0.355 e. The van der Waals surface area contributed by atoms with Gasteiger partial charge in [-0.05, 0) is 42.7 Å². The number of carbonyl (C=O) groups excluding carboxylic acids is 2. The fourth-order valence-electron chi connectivity index (χ4n) is 2.03. The van der Waals surface area contributed by atoms with Crippen LogP contribution in [0, 0.1) is 10.1 Å². The van der Waals surface area contributed by atoms with Crippen molar-refractivity contribution in [1.29, 1.82) is 0 Å². The third-order valence-electron chi connectivity index (χ3n) is 3.27. The highest BCUT2D eigenvalue weighted by molar-refractivity contribution is 7.98. The molecule has 0 radical (unpaired) electrons. The van der Waals surface area contributed by atoms with Crippen molar-refractivity contribution in [3.8, 4) is 0 Å². The predicted octanol–water partition coefficient (Wildman–Crippen LogP) is 2.93. The van der Waals surface area contributed by atoms with Gasteiger partial charge in [0.1, 0.15) is 0 Å². The molecule has 0 bridgehead atoms. The summed E-state index contributed by atoms with van der Waals surface area (Å²) in [4.78, 5) is 34.8. The molecule has 2 rings (SSSR count). The van der Waals surface area contributed by atoms with Gasteiger partial charge in [0.2, 0.25) is 0 Å². The third-order valence-corrected chi connectivity index (χ3v) is 4.05. The molecule has 0 saturated carbocycles. The number of nitro groups is 1. The normalized spacial score (nSPS) is 10.1. The van der Waals surface area contributed by atoms with E-state index in [-0.39, 0.29) is 17.2 Å². The molecule has 124 valence electrons. The largest absolute Gasteiger partial charge is 0.355 e. The summed E-state index contributed by atoms with van der Waals surface area (Å²) in [5, 5.41) is 16.2. The van der Waals surface area contributed by atoms with E-state index in [9.17, 15) is 19.7 Å². The Kier molecular flexibility index (Phi) is 5.54. The zero-order valence-corrected chi connectivity index (χ0v) is 13.8. The lowest BCUT2D eigenvalue weighted by Gasteiger charge is -2.07. The summed E-state index contributed by atoms with van der Waals surface area (Å²) in [6.45, 7) is 0. The number of amides is 2. The first-order chi connectivity index (χ1) is 11.5. The molecule has 0 fully saturated rings. The van der Waals surface area contributed by atoms with E-state index in [1.54, 1.807) is 36.6 Å². The maximum Gasteiger partial charge on any atom is 0.283 e. The highest BCUT2D eigenvalue weighted by atomic mass is 32.2. The average Bonchev–Trinajstić information content (AvgIpc) is 2.60. The molecule has 0 aromatic heterocycles. The van der Waals surface area contributed by atoms with Crippen molar-refractivity contribution < 1.29 is 14.5 Å². The lowest BCUT2D eigenvalue weighted by molar-refractivity contribution is -0.387. The van der Waals surface area contributed by atoms with Crippen LogP contribution in [0.5, 0.6) is 0 Å². The Morgan fingerprint density at radius 1 is 1.04 bits per heavy atom. The van der Waals surface area contributed by atoms with Crippen LogP contribution in [0.4, 0.5) is 11.4 Å².